The van der Waals surface area contributed by atoms with E-state index < -0.39 is 0 Å². The Bertz CT molecular complexity index is 891. The molecule has 0 radical (unpaired) electrons. The zero-order valence-electron chi connectivity index (χ0n) is 10.1. The van der Waals surface area contributed by atoms with Crippen molar-refractivity contribution < 1.29 is 0 Å². The van der Waals surface area contributed by atoms with Crippen LogP contribution < -0.4 is 0 Å². The van der Waals surface area contributed by atoms with Crippen LogP contribution >= 0.6 is 0 Å². The van der Waals surface area contributed by atoms with E-state index in [0.717, 1.165) is 5.52 Å². The highest BCUT2D eigenvalue weighted by molar-refractivity contribution is 6.16. The number of pyridine rings is 1. The van der Waals surface area contributed by atoms with E-state index in [0.29, 0.717) is 0 Å². The third kappa shape index (κ3) is 1.04. The average molecular weight is 242 g/mol. The largest absolute Gasteiger partial charge is 0.361 e. The standard InChI is InChI=1S/C17H10N2/c1-2-11-13-8-10-4-6-19-16(10)9-14(13)12-5-7-18-15(3-1)17(11)12/h1-9,19H. The number of rotatable bonds is 0. The molecule has 0 bridgehead atoms. The quantitative estimate of drug-likeness (QED) is 0.429. The van der Waals surface area contributed by atoms with Gasteiger partial charge in [-0.2, -0.15) is 0 Å². The van der Waals surface area contributed by atoms with Crippen molar-refractivity contribution in [3.8, 4) is 22.3 Å². The van der Waals surface area contributed by atoms with E-state index >= 15 is 0 Å². The van der Waals surface area contributed by atoms with Crippen LogP contribution in [0.3, 0.4) is 0 Å². The molecule has 0 unspecified atom stereocenters. The van der Waals surface area contributed by atoms with Gasteiger partial charge in [-0.25, -0.2) is 0 Å². The molecule has 88 valence electrons. The predicted octanol–water partition coefficient (Wildman–Crippen LogP) is 4.36. The molecule has 5 rings (SSSR count). The molecule has 2 heteroatoms. The number of nitrogens with zero attached hydrogens (tertiary/aromatic N) is 1. The fourth-order valence-electron chi connectivity index (χ4n) is 3.20. The van der Waals surface area contributed by atoms with Crippen LogP contribution in [0.5, 0.6) is 0 Å². The summed E-state index contributed by atoms with van der Waals surface area (Å²) in [7, 11) is 0. The van der Waals surface area contributed by atoms with Gasteiger partial charge in [0.05, 0.1) is 5.52 Å². The number of benzene rings is 2. The summed E-state index contributed by atoms with van der Waals surface area (Å²) in [4.78, 5) is 7.77. The Labute approximate surface area is 109 Å². The van der Waals surface area contributed by atoms with Gasteiger partial charge in [-0.05, 0) is 52.6 Å². The van der Waals surface area contributed by atoms with Crippen LogP contribution in [-0.4, -0.2) is 9.97 Å². The van der Waals surface area contributed by atoms with Gasteiger partial charge in [0.2, 0.25) is 0 Å². The molecule has 2 aromatic heterocycles. The van der Waals surface area contributed by atoms with Gasteiger partial charge in [-0.1, -0.05) is 12.1 Å². The molecule has 0 amide bonds. The third-order valence-electron chi connectivity index (χ3n) is 4.04. The van der Waals surface area contributed by atoms with E-state index in [9.17, 15) is 0 Å². The number of aromatic amines is 1. The highest BCUT2D eigenvalue weighted by Crippen LogP contribution is 2.47. The third-order valence-corrected chi connectivity index (χ3v) is 4.04. The van der Waals surface area contributed by atoms with Gasteiger partial charge in [0.25, 0.3) is 0 Å². The molecule has 0 aliphatic heterocycles. The summed E-state index contributed by atoms with van der Waals surface area (Å²) in [6, 6.07) is 15.1. The normalized spacial score (nSPS) is 12.2. The number of aromatic nitrogens is 2. The number of nitrogens with one attached hydrogen (secondary N) is 1. The summed E-state index contributed by atoms with van der Waals surface area (Å²) in [5, 5.41) is 2.55. The van der Waals surface area contributed by atoms with Gasteiger partial charge in [0.1, 0.15) is 0 Å². The smallest absolute Gasteiger partial charge is 0.0714 e. The predicted molar refractivity (Wildman–Crippen MR) is 78.0 cm³/mol. The highest BCUT2D eigenvalue weighted by Gasteiger charge is 2.21. The van der Waals surface area contributed by atoms with Crippen LogP contribution in [0.25, 0.3) is 44.1 Å². The molecule has 0 saturated carbocycles. The second kappa shape index (κ2) is 3.04. The number of H-pyrrole nitrogens is 1. The first-order valence-electron chi connectivity index (χ1n) is 6.41. The van der Waals surface area contributed by atoms with Crippen molar-refractivity contribution in [2.24, 2.45) is 0 Å². The summed E-state index contributed by atoms with van der Waals surface area (Å²) >= 11 is 0. The summed E-state index contributed by atoms with van der Waals surface area (Å²) in [6.07, 6.45) is 3.89. The topological polar surface area (TPSA) is 28.7 Å². The van der Waals surface area contributed by atoms with Gasteiger partial charge < -0.3 is 4.98 Å². The molecule has 2 heterocycles. The van der Waals surface area contributed by atoms with Crippen LogP contribution in [-0.2, 0) is 0 Å². The monoisotopic (exact) mass is 242 g/mol. The van der Waals surface area contributed by atoms with Crippen LogP contribution in [0.4, 0.5) is 0 Å². The molecule has 0 fully saturated rings. The molecule has 2 aromatic carbocycles. The first-order chi connectivity index (χ1) is 9.42. The van der Waals surface area contributed by atoms with Gasteiger partial charge in [-0.3, -0.25) is 4.98 Å². The molecule has 2 nitrogen and oxygen atoms in total. The second-order valence-electron chi connectivity index (χ2n) is 5.02. The number of fused-ring (bicyclic) bond motifs is 4. The van der Waals surface area contributed by atoms with Gasteiger partial charge in [0, 0.05) is 28.7 Å². The van der Waals surface area contributed by atoms with Gasteiger partial charge in [0.15, 0.2) is 0 Å². The summed E-state index contributed by atoms with van der Waals surface area (Å²) < 4.78 is 0. The fourth-order valence-corrected chi connectivity index (χ4v) is 3.20. The van der Waals surface area contributed by atoms with E-state index in [2.05, 4.69) is 52.4 Å². The van der Waals surface area contributed by atoms with Crippen molar-refractivity contribution in [1.29, 1.82) is 0 Å². The lowest BCUT2D eigenvalue weighted by Crippen LogP contribution is -1.78. The van der Waals surface area contributed by atoms with Crippen LogP contribution in [0.2, 0.25) is 0 Å². The van der Waals surface area contributed by atoms with Crippen molar-refractivity contribution in [2.75, 3.05) is 0 Å². The molecular formula is C17H10N2. The fraction of sp³-hybridized carbons (Fsp3) is 0. The average Bonchev–Trinajstić information content (AvgIpc) is 3.02. The molecule has 4 aromatic rings. The first kappa shape index (κ1) is 9.34. The van der Waals surface area contributed by atoms with Gasteiger partial charge in [-0.15, -0.1) is 0 Å². The zero-order valence-corrected chi connectivity index (χ0v) is 10.1. The summed E-state index contributed by atoms with van der Waals surface area (Å²) in [5.74, 6) is 0. The van der Waals surface area contributed by atoms with Crippen molar-refractivity contribution in [1.82, 2.24) is 9.97 Å². The summed E-state index contributed by atoms with van der Waals surface area (Å²) in [6.45, 7) is 0. The lowest BCUT2D eigenvalue weighted by molar-refractivity contribution is 1.42. The first-order valence-corrected chi connectivity index (χ1v) is 6.41. The van der Waals surface area contributed by atoms with Gasteiger partial charge >= 0.3 is 0 Å². The van der Waals surface area contributed by atoms with E-state index in [1.807, 2.05) is 12.4 Å². The maximum Gasteiger partial charge on any atom is 0.0714 e. The van der Waals surface area contributed by atoms with Crippen LogP contribution in [0.1, 0.15) is 0 Å². The molecular weight excluding hydrogens is 232 g/mol. The Balaban J connectivity index is 2.05. The van der Waals surface area contributed by atoms with E-state index in [1.165, 1.54) is 38.5 Å². The minimum Gasteiger partial charge on any atom is -0.361 e. The zero-order chi connectivity index (χ0) is 12.4. The van der Waals surface area contributed by atoms with Crippen molar-refractivity contribution in [3.63, 3.8) is 0 Å². The van der Waals surface area contributed by atoms with Crippen molar-refractivity contribution in [3.05, 3.63) is 54.9 Å². The molecule has 1 N–H and O–H groups in total. The minimum absolute atomic E-state index is 1.08. The Morgan fingerprint density at radius 1 is 0.842 bits per heavy atom. The van der Waals surface area contributed by atoms with E-state index in [-0.39, 0.29) is 0 Å². The Kier molecular flexibility index (Phi) is 1.49. The molecule has 0 spiro atoms. The van der Waals surface area contributed by atoms with E-state index in [4.69, 9.17) is 0 Å². The number of hydrogen-bond acceptors (Lipinski definition) is 1. The van der Waals surface area contributed by atoms with Crippen molar-refractivity contribution in [2.45, 2.75) is 0 Å². The summed E-state index contributed by atoms with van der Waals surface area (Å²) in [5.41, 5.74) is 7.50. The second-order valence-corrected chi connectivity index (χ2v) is 5.02. The SMILES string of the molecule is c1cc2c3c(ccnc3c1)-c1cc3[nH]ccc3cc1-2. The highest BCUT2D eigenvalue weighted by atomic mass is 14.7. The van der Waals surface area contributed by atoms with Crippen molar-refractivity contribution >= 4 is 21.8 Å². The Hall–Kier alpha value is -2.61. The lowest BCUT2D eigenvalue weighted by Gasteiger charge is -2.01. The molecule has 1 aliphatic carbocycles. The molecule has 0 atom stereocenters. The maximum atomic E-state index is 4.48. The maximum absolute atomic E-state index is 4.48. The number of hydrogen-bond donors (Lipinski definition) is 1. The van der Waals surface area contributed by atoms with E-state index in [1.54, 1.807) is 0 Å². The lowest BCUT2D eigenvalue weighted by atomic mass is 10.0. The minimum atomic E-state index is 1.08. The van der Waals surface area contributed by atoms with Crippen LogP contribution in [0, 0.1) is 0 Å². The Morgan fingerprint density at radius 3 is 2.74 bits per heavy atom. The Morgan fingerprint density at radius 2 is 1.74 bits per heavy atom. The molecule has 19 heavy (non-hydrogen) atoms. The van der Waals surface area contributed by atoms with Crippen LogP contribution in [0.15, 0.2) is 54.9 Å². The molecule has 1 aliphatic rings. The molecule has 0 saturated heterocycles.